The summed E-state index contributed by atoms with van der Waals surface area (Å²) in [5, 5.41) is 3.46. The third-order valence-corrected chi connectivity index (χ3v) is 3.10. The Morgan fingerprint density at radius 3 is 2.83 bits per heavy atom. The highest BCUT2D eigenvalue weighted by Gasteiger charge is 2.15. The summed E-state index contributed by atoms with van der Waals surface area (Å²) in [6.07, 6.45) is 0. The zero-order valence-corrected chi connectivity index (χ0v) is 11.7. The van der Waals surface area contributed by atoms with Gasteiger partial charge in [-0.3, -0.25) is 0 Å². The molecule has 3 nitrogen and oxygen atoms in total. The maximum atomic E-state index is 5.83. The topological polar surface area (TPSA) is 24.5 Å². The first-order chi connectivity index (χ1) is 8.56. The second-order valence-electron chi connectivity index (χ2n) is 5.75. The first kappa shape index (κ1) is 13.4. The number of hydrogen-bond donors (Lipinski definition) is 1. The van der Waals surface area contributed by atoms with Crippen LogP contribution in [0.2, 0.25) is 0 Å². The summed E-state index contributed by atoms with van der Waals surface area (Å²) in [6, 6.07) is 8.63. The Morgan fingerprint density at radius 1 is 1.28 bits per heavy atom. The van der Waals surface area contributed by atoms with Gasteiger partial charge in [0, 0.05) is 31.9 Å². The summed E-state index contributed by atoms with van der Waals surface area (Å²) in [7, 11) is 0. The Kier molecular flexibility index (Phi) is 4.25. The second-order valence-corrected chi connectivity index (χ2v) is 5.75. The van der Waals surface area contributed by atoms with Crippen LogP contribution in [0.15, 0.2) is 24.3 Å². The fourth-order valence-corrected chi connectivity index (χ4v) is 2.22. The summed E-state index contributed by atoms with van der Waals surface area (Å²) >= 11 is 0. The smallest absolute Gasteiger partial charge is 0.0648 e. The molecule has 1 aliphatic rings. The molecule has 1 aliphatic heterocycles. The normalized spacial score (nSPS) is 16.3. The van der Waals surface area contributed by atoms with Crippen molar-refractivity contribution >= 4 is 5.69 Å². The van der Waals surface area contributed by atoms with Crippen molar-refractivity contribution in [2.24, 2.45) is 0 Å². The number of benzene rings is 1. The van der Waals surface area contributed by atoms with Crippen LogP contribution in [0.25, 0.3) is 0 Å². The van der Waals surface area contributed by atoms with Crippen LogP contribution < -0.4 is 10.2 Å². The number of nitrogens with zero attached hydrogens (tertiary/aromatic N) is 1. The summed E-state index contributed by atoms with van der Waals surface area (Å²) in [6.45, 7) is 11.1. The van der Waals surface area contributed by atoms with Crippen molar-refractivity contribution in [1.29, 1.82) is 0 Å². The van der Waals surface area contributed by atoms with Crippen molar-refractivity contribution in [1.82, 2.24) is 5.32 Å². The molecule has 18 heavy (non-hydrogen) atoms. The molecule has 0 saturated carbocycles. The Labute approximate surface area is 110 Å². The zero-order valence-electron chi connectivity index (χ0n) is 11.7. The van der Waals surface area contributed by atoms with Crippen LogP contribution in [0.3, 0.4) is 0 Å². The first-order valence-electron chi connectivity index (χ1n) is 6.74. The SMILES string of the molecule is CC(C)(C)OCCN1CCNCc2ccccc21. The molecule has 0 amide bonds. The maximum absolute atomic E-state index is 5.83. The van der Waals surface area contributed by atoms with Gasteiger partial charge >= 0.3 is 0 Å². The average Bonchev–Trinajstić information content (AvgIpc) is 2.51. The molecule has 0 spiro atoms. The molecule has 1 N–H and O–H groups in total. The molecule has 0 fully saturated rings. The van der Waals surface area contributed by atoms with E-state index in [4.69, 9.17) is 4.74 Å². The minimum Gasteiger partial charge on any atom is -0.374 e. The minimum absolute atomic E-state index is 0.0520. The second kappa shape index (κ2) is 5.72. The van der Waals surface area contributed by atoms with E-state index >= 15 is 0 Å². The molecule has 3 heteroatoms. The molecule has 100 valence electrons. The van der Waals surface area contributed by atoms with Gasteiger partial charge in [0.15, 0.2) is 0 Å². The van der Waals surface area contributed by atoms with E-state index in [1.807, 2.05) is 0 Å². The molecule has 1 aromatic rings. The number of hydrogen-bond acceptors (Lipinski definition) is 3. The van der Waals surface area contributed by atoms with Gasteiger partial charge in [-0.2, -0.15) is 0 Å². The van der Waals surface area contributed by atoms with E-state index in [-0.39, 0.29) is 5.60 Å². The molecular formula is C15H24N2O. The van der Waals surface area contributed by atoms with Gasteiger partial charge in [-0.05, 0) is 32.4 Å². The van der Waals surface area contributed by atoms with Crippen molar-refractivity contribution in [2.45, 2.75) is 32.9 Å². The molecule has 1 heterocycles. The van der Waals surface area contributed by atoms with E-state index in [1.54, 1.807) is 0 Å². The summed E-state index contributed by atoms with van der Waals surface area (Å²) in [5.41, 5.74) is 2.68. The van der Waals surface area contributed by atoms with Crippen molar-refractivity contribution in [2.75, 3.05) is 31.1 Å². The highest BCUT2D eigenvalue weighted by molar-refractivity contribution is 5.54. The van der Waals surface area contributed by atoms with E-state index in [0.29, 0.717) is 0 Å². The highest BCUT2D eigenvalue weighted by Crippen LogP contribution is 2.21. The predicted molar refractivity (Wildman–Crippen MR) is 76.1 cm³/mol. The fraction of sp³-hybridized carbons (Fsp3) is 0.600. The highest BCUT2D eigenvalue weighted by atomic mass is 16.5. The van der Waals surface area contributed by atoms with E-state index in [1.165, 1.54) is 11.3 Å². The van der Waals surface area contributed by atoms with Crippen LogP contribution >= 0.6 is 0 Å². The van der Waals surface area contributed by atoms with Crippen molar-refractivity contribution in [3.63, 3.8) is 0 Å². The van der Waals surface area contributed by atoms with Crippen LogP contribution in [-0.2, 0) is 11.3 Å². The van der Waals surface area contributed by atoms with Crippen LogP contribution in [0, 0.1) is 0 Å². The monoisotopic (exact) mass is 248 g/mol. The number of nitrogens with one attached hydrogen (secondary N) is 1. The maximum Gasteiger partial charge on any atom is 0.0648 e. The van der Waals surface area contributed by atoms with Crippen LogP contribution in [0.4, 0.5) is 5.69 Å². The molecule has 0 aromatic heterocycles. The largest absolute Gasteiger partial charge is 0.374 e. The number of anilines is 1. The Bertz CT molecular complexity index is 384. The first-order valence-corrected chi connectivity index (χ1v) is 6.74. The lowest BCUT2D eigenvalue weighted by atomic mass is 10.1. The molecule has 0 aliphatic carbocycles. The molecule has 2 rings (SSSR count). The zero-order chi connectivity index (χ0) is 13.0. The summed E-state index contributed by atoms with van der Waals surface area (Å²) < 4.78 is 5.83. The lowest BCUT2D eigenvalue weighted by Crippen LogP contribution is -2.33. The molecule has 0 bridgehead atoms. The molecule has 0 unspecified atom stereocenters. The van der Waals surface area contributed by atoms with E-state index in [0.717, 1.165) is 32.8 Å². The van der Waals surface area contributed by atoms with Gasteiger partial charge in [-0.25, -0.2) is 0 Å². The molecule has 1 aromatic carbocycles. The Morgan fingerprint density at radius 2 is 2.06 bits per heavy atom. The standard InChI is InChI=1S/C15H24N2O/c1-15(2,3)18-11-10-17-9-8-16-12-13-6-4-5-7-14(13)17/h4-7,16H,8-12H2,1-3H3. The number of rotatable bonds is 3. The summed E-state index contributed by atoms with van der Waals surface area (Å²) in [5.74, 6) is 0. The van der Waals surface area contributed by atoms with Gasteiger partial charge in [-0.15, -0.1) is 0 Å². The van der Waals surface area contributed by atoms with Gasteiger partial charge in [0.25, 0.3) is 0 Å². The van der Waals surface area contributed by atoms with Crippen molar-refractivity contribution in [3.05, 3.63) is 29.8 Å². The van der Waals surface area contributed by atoms with Gasteiger partial charge in [-0.1, -0.05) is 18.2 Å². The molecular weight excluding hydrogens is 224 g/mol. The van der Waals surface area contributed by atoms with Gasteiger partial charge in [0.1, 0.15) is 0 Å². The quantitative estimate of drug-likeness (QED) is 0.889. The lowest BCUT2D eigenvalue weighted by Gasteiger charge is -2.27. The van der Waals surface area contributed by atoms with E-state index in [2.05, 4.69) is 55.3 Å². The van der Waals surface area contributed by atoms with Crippen molar-refractivity contribution < 1.29 is 4.74 Å². The summed E-state index contributed by atoms with van der Waals surface area (Å²) in [4.78, 5) is 2.42. The number of ether oxygens (including phenoxy) is 1. The number of para-hydroxylation sites is 1. The van der Waals surface area contributed by atoms with Crippen molar-refractivity contribution in [3.8, 4) is 0 Å². The predicted octanol–water partition coefficient (Wildman–Crippen LogP) is 2.41. The number of fused-ring (bicyclic) bond motifs is 1. The Hall–Kier alpha value is -1.06. The minimum atomic E-state index is -0.0520. The van der Waals surface area contributed by atoms with Gasteiger partial charge < -0.3 is 15.0 Å². The fourth-order valence-electron chi connectivity index (χ4n) is 2.22. The van der Waals surface area contributed by atoms with Gasteiger partial charge in [0.05, 0.1) is 12.2 Å². The molecule has 0 saturated heterocycles. The molecule has 0 atom stereocenters. The third kappa shape index (κ3) is 3.72. The van der Waals surface area contributed by atoms with Gasteiger partial charge in [0.2, 0.25) is 0 Å². The Balaban J connectivity index is 2.00. The van der Waals surface area contributed by atoms with Crippen LogP contribution in [-0.4, -0.2) is 31.8 Å². The lowest BCUT2D eigenvalue weighted by molar-refractivity contribution is 0.00140. The average molecular weight is 248 g/mol. The van der Waals surface area contributed by atoms with Crippen LogP contribution in [0.1, 0.15) is 26.3 Å². The third-order valence-electron chi connectivity index (χ3n) is 3.10. The van der Waals surface area contributed by atoms with E-state index < -0.39 is 0 Å². The van der Waals surface area contributed by atoms with E-state index in [9.17, 15) is 0 Å². The van der Waals surface area contributed by atoms with Crippen LogP contribution in [0.5, 0.6) is 0 Å². The molecule has 0 radical (unpaired) electrons.